The normalized spacial score (nSPS) is 14.9. The lowest BCUT2D eigenvalue weighted by Gasteiger charge is -2.14. The highest BCUT2D eigenvalue weighted by atomic mass is 127. The van der Waals surface area contributed by atoms with E-state index >= 15 is 0 Å². The Bertz CT molecular complexity index is 692. The molecule has 22 heavy (non-hydrogen) atoms. The topological polar surface area (TPSA) is 43.2 Å². The predicted octanol–water partition coefficient (Wildman–Crippen LogP) is 4.66. The molecule has 0 aromatic heterocycles. The zero-order valence-corrected chi connectivity index (χ0v) is 14.7. The van der Waals surface area contributed by atoms with Crippen LogP contribution in [0.2, 0.25) is 0 Å². The number of rotatable bonds is 6. The Morgan fingerprint density at radius 3 is 2.41 bits per heavy atom. The summed E-state index contributed by atoms with van der Waals surface area (Å²) in [4.78, 5) is 0. The SMILES string of the molecule is COc1ccc(COCc2c(I)cccc2C2(C)N=N2)cc1. The minimum Gasteiger partial charge on any atom is -0.497 e. The summed E-state index contributed by atoms with van der Waals surface area (Å²) in [5, 5.41) is 8.29. The predicted molar refractivity (Wildman–Crippen MR) is 92.9 cm³/mol. The van der Waals surface area contributed by atoms with Gasteiger partial charge in [-0.2, -0.15) is 10.2 Å². The summed E-state index contributed by atoms with van der Waals surface area (Å²) in [6.45, 7) is 3.14. The van der Waals surface area contributed by atoms with Crippen molar-refractivity contribution < 1.29 is 9.47 Å². The minimum atomic E-state index is -0.375. The number of hydrogen-bond donors (Lipinski definition) is 0. The lowest BCUT2D eigenvalue weighted by Crippen LogP contribution is -2.09. The first-order valence-electron chi connectivity index (χ1n) is 7.05. The largest absolute Gasteiger partial charge is 0.497 e. The monoisotopic (exact) mass is 408 g/mol. The molecule has 4 nitrogen and oxygen atoms in total. The standard InChI is InChI=1S/C17H17IN2O2/c1-17(19-20-17)15-4-3-5-16(18)14(15)11-22-10-12-6-8-13(21-2)9-7-12/h3-9H,10-11H2,1-2H3. The second-order valence-electron chi connectivity index (χ2n) is 5.33. The van der Waals surface area contributed by atoms with Gasteiger partial charge in [-0.15, -0.1) is 0 Å². The van der Waals surface area contributed by atoms with Crippen molar-refractivity contribution in [3.05, 3.63) is 62.7 Å². The number of nitrogens with zero attached hydrogens (tertiary/aromatic N) is 2. The number of ether oxygens (including phenoxy) is 2. The summed E-state index contributed by atoms with van der Waals surface area (Å²) in [6, 6.07) is 14.1. The van der Waals surface area contributed by atoms with E-state index < -0.39 is 0 Å². The maximum Gasteiger partial charge on any atom is 0.213 e. The van der Waals surface area contributed by atoms with E-state index in [0.29, 0.717) is 13.2 Å². The van der Waals surface area contributed by atoms with Crippen LogP contribution in [0.3, 0.4) is 0 Å². The highest BCUT2D eigenvalue weighted by Crippen LogP contribution is 2.41. The quantitative estimate of drug-likeness (QED) is 0.653. The van der Waals surface area contributed by atoms with Crippen molar-refractivity contribution in [3.8, 4) is 5.75 Å². The smallest absolute Gasteiger partial charge is 0.213 e. The molecule has 1 aliphatic rings. The van der Waals surface area contributed by atoms with Gasteiger partial charge in [0.2, 0.25) is 5.66 Å². The van der Waals surface area contributed by atoms with E-state index in [4.69, 9.17) is 9.47 Å². The Labute approximate surface area is 143 Å². The fourth-order valence-electron chi connectivity index (χ4n) is 2.32. The zero-order valence-electron chi connectivity index (χ0n) is 12.5. The Hall–Kier alpha value is -1.47. The molecule has 0 atom stereocenters. The molecule has 1 heterocycles. The van der Waals surface area contributed by atoms with Crippen LogP contribution in [-0.4, -0.2) is 7.11 Å². The van der Waals surface area contributed by atoms with Crippen molar-refractivity contribution in [1.29, 1.82) is 0 Å². The molecule has 1 aliphatic heterocycles. The molecule has 0 spiro atoms. The van der Waals surface area contributed by atoms with E-state index in [9.17, 15) is 0 Å². The van der Waals surface area contributed by atoms with Crippen LogP contribution >= 0.6 is 22.6 Å². The summed E-state index contributed by atoms with van der Waals surface area (Å²) < 4.78 is 12.2. The van der Waals surface area contributed by atoms with Gasteiger partial charge < -0.3 is 9.47 Å². The fraction of sp³-hybridized carbons (Fsp3) is 0.294. The maximum atomic E-state index is 5.89. The molecule has 0 N–H and O–H groups in total. The molecule has 0 radical (unpaired) electrons. The van der Waals surface area contributed by atoms with Gasteiger partial charge in [0.15, 0.2) is 0 Å². The van der Waals surface area contributed by atoms with E-state index in [0.717, 1.165) is 16.9 Å². The first-order chi connectivity index (χ1) is 10.6. The lowest BCUT2D eigenvalue weighted by molar-refractivity contribution is 0.106. The van der Waals surface area contributed by atoms with Gasteiger partial charge in [0.1, 0.15) is 5.75 Å². The van der Waals surface area contributed by atoms with E-state index in [1.807, 2.05) is 37.3 Å². The average Bonchev–Trinajstić information content (AvgIpc) is 3.28. The molecule has 2 aromatic carbocycles. The molecular formula is C17H17IN2O2. The maximum absolute atomic E-state index is 5.89. The third kappa shape index (κ3) is 3.30. The van der Waals surface area contributed by atoms with Crippen LogP contribution in [0.5, 0.6) is 5.75 Å². The van der Waals surface area contributed by atoms with Gasteiger partial charge in [-0.25, -0.2) is 0 Å². The summed E-state index contributed by atoms with van der Waals surface area (Å²) in [5.41, 5.74) is 3.05. The van der Waals surface area contributed by atoms with Crippen LogP contribution in [0.1, 0.15) is 23.6 Å². The molecule has 0 unspecified atom stereocenters. The molecule has 114 valence electrons. The molecule has 0 fully saturated rings. The first-order valence-corrected chi connectivity index (χ1v) is 8.13. The van der Waals surface area contributed by atoms with E-state index in [-0.39, 0.29) is 5.66 Å². The fourth-order valence-corrected chi connectivity index (χ4v) is 2.98. The summed E-state index contributed by atoms with van der Waals surface area (Å²) in [7, 11) is 1.67. The Balaban J connectivity index is 1.66. The van der Waals surface area contributed by atoms with Crippen LogP contribution < -0.4 is 4.74 Å². The van der Waals surface area contributed by atoms with Crippen LogP contribution in [0.4, 0.5) is 0 Å². The van der Waals surface area contributed by atoms with Crippen LogP contribution in [0.25, 0.3) is 0 Å². The van der Waals surface area contributed by atoms with E-state index in [2.05, 4.69) is 45.0 Å². The molecule has 3 rings (SSSR count). The third-order valence-corrected chi connectivity index (χ3v) is 4.71. The first kappa shape index (κ1) is 15.4. The zero-order chi connectivity index (χ0) is 15.6. The van der Waals surface area contributed by atoms with Crippen LogP contribution in [0.15, 0.2) is 52.7 Å². The molecule has 0 bridgehead atoms. The van der Waals surface area contributed by atoms with E-state index in [1.54, 1.807) is 7.11 Å². The van der Waals surface area contributed by atoms with Crippen LogP contribution in [0, 0.1) is 3.57 Å². The summed E-state index contributed by atoms with van der Waals surface area (Å²) >= 11 is 2.34. The Morgan fingerprint density at radius 2 is 1.77 bits per heavy atom. The van der Waals surface area contributed by atoms with Gasteiger partial charge in [-0.05, 0) is 58.8 Å². The molecule has 2 aromatic rings. The van der Waals surface area contributed by atoms with Gasteiger partial charge in [-0.1, -0.05) is 24.3 Å². The van der Waals surface area contributed by atoms with Crippen molar-refractivity contribution in [1.82, 2.24) is 0 Å². The number of methoxy groups -OCH3 is 1. The molecule has 0 saturated heterocycles. The Morgan fingerprint density at radius 1 is 1.05 bits per heavy atom. The molecular weight excluding hydrogens is 391 g/mol. The number of benzene rings is 2. The van der Waals surface area contributed by atoms with Gasteiger partial charge in [0, 0.05) is 9.13 Å². The second kappa shape index (κ2) is 6.34. The Kier molecular flexibility index (Phi) is 4.44. The molecule has 0 aliphatic carbocycles. The third-order valence-electron chi connectivity index (χ3n) is 3.70. The van der Waals surface area contributed by atoms with Crippen molar-refractivity contribution in [3.63, 3.8) is 0 Å². The molecule has 0 saturated carbocycles. The second-order valence-corrected chi connectivity index (χ2v) is 6.49. The van der Waals surface area contributed by atoms with Crippen molar-refractivity contribution >= 4 is 22.6 Å². The summed E-state index contributed by atoms with van der Waals surface area (Å²) in [5.74, 6) is 0.855. The molecule has 5 heteroatoms. The van der Waals surface area contributed by atoms with Gasteiger partial charge in [-0.3, -0.25) is 0 Å². The number of hydrogen-bond acceptors (Lipinski definition) is 4. The average molecular weight is 408 g/mol. The van der Waals surface area contributed by atoms with Crippen molar-refractivity contribution in [2.24, 2.45) is 10.2 Å². The lowest BCUT2D eigenvalue weighted by atomic mass is 9.99. The summed E-state index contributed by atoms with van der Waals surface area (Å²) in [6.07, 6.45) is 0. The minimum absolute atomic E-state index is 0.375. The van der Waals surface area contributed by atoms with Crippen LogP contribution in [-0.2, 0) is 23.6 Å². The molecule has 0 amide bonds. The van der Waals surface area contributed by atoms with Gasteiger partial charge in [0.25, 0.3) is 0 Å². The van der Waals surface area contributed by atoms with Crippen molar-refractivity contribution in [2.45, 2.75) is 25.8 Å². The van der Waals surface area contributed by atoms with Gasteiger partial charge in [0.05, 0.1) is 20.3 Å². The van der Waals surface area contributed by atoms with Gasteiger partial charge >= 0.3 is 0 Å². The highest BCUT2D eigenvalue weighted by molar-refractivity contribution is 14.1. The highest BCUT2D eigenvalue weighted by Gasteiger charge is 2.38. The van der Waals surface area contributed by atoms with E-state index in [1.165, 1.54) is 9.13 Å². The van der Waals surface area contributed by atoms with Crippen molar-refractivity contribution in [2.75, 3.05) is 7.11 Å². The number of halogens is 1.